The highest BCUT2D eigenvalue weighted by atomic mass is 16.2. The Morgan fingerprint density at radius 1 is 1.35 bits per heavy atom. The lowest BCUT2D eigenvalue weighted by Gasteiger charge is -2.21. The van der Waals surface area contributed by atoms with E-state index in [2.05, 4.69) is 5.32 Å². The first-order chi connectivity index (χ1) is 8.31. The number of benzene rings is 1. The van der Waals surface area contributed by atoms with Gasteiger partial charge < -0.3 is 10.2 Å². The monoisotopic (exact) mass is 232 g/mol. The maximum atomic E-state index is 12.1. The van der Waals surface area contributed by atoms with Gasteiger partial charge in [-0.15, -0.1) is 0 Å². The minimum Gasteiger partial charge on any atom is -0.313 e. The number of nitrogens with one attached hydrogen (secondary N) is 1. The second-order valence-corrected chi connectivity index (χ2v) is 4.45. The molecule has 0 atom stereocenters. The van der Waals surface area contributed by atoms with Gasteiger partial charge in [-0.2, -0.15) is 0 Å². The van der Waals surface area contributed by atoms with Crippen molar-refractivity contribution >= 4 is 11.6 Å². The quantitative estimate of drug-likeness (QED) is 0.815. The van der Waals surface area contributed by atoms with Crippen molar-refractivity contribution in [3.63, 3.8) is 0 Å². The Morgan fingerprint density at radius 2 is 2.06 bits per heavy atom. The van der Waals surface area contributed by atoms with Crippen LogP contribution < -0.4 is 10.2 Å². The summed E-state index contributed by atoms with van der Waals surface area (Å²) in [6, 6.07) is 10.5. The third kappa shape index (κ3) is 3.56. The molecule has 1 aliphatic rings. The van der Waals surface area contributed by atoms with Crippen LogP contribution in [0.25, 0.3) is 0 Å². The molecule has 0 saturated heterocycles. The van der Waals surface area contributed by atoms with E-state index in [0.29, 0.717) is 12.5 Å². The van der Waals surface area contributed by atoms with Crippen LogP contribution in [0.1, 0.15) is 26.2 Å². The average molecular weight is 232 g/mol. The third-order valence-electron chi connectivity index (χ3n) is 3.03. The van der Waals surface area contributed by atoms with Gasteiger partial charge in [0.15, 0.2) is 0 Å². The first kappa shape index (κ1) is 12.1. The SMILES string of the molecule is CCN(C(=O)CCNC1CC1)c1ccccc1. The predicted octanol–water partition coefficient (Wildman–Crippen LogP) is 2.18. The van der Waals surface area contributed by atoms with Crippen LogP contribution in [0.3, 0.4) is 0 Å². The first-order valence-electron chi connectivity index (χ1n) is 6.40. The Bertz CT molecular complexity index is 360. The summed E-state index contributed by atoms with van der Waals surface area (Å²) in [5, 5.41) is 3.37. The van der Waals surface area contributed by atoms with E-state index in [4.69, 9.17) is 0 Å². The number of amides is 1. The Morgan fingerprint density at radius 3 is 2.65 bits per heavy atom. The van der Waals surface area contributed by atoms with Gasteiger partial charge in [-0.3, -0.25) is 4.79 Å². The number of para-hydroxylation sites is 1. The summed E-state index contributed by atoms with van der Waals surface area (Å²) < 4.78 is 0. The maximum absolute atomic E-state index is 12.1. The molecule has 3 heteroatoms. The lowest BCUT2D eigenvalue weighted by atomic mass is 10.2. The summed E-state index contributed by atoms with van der Waals surface area (Å²) in [6.45, 7) is 3.54. The van der Waals surface area contributed by atoms with Crippen LogP contribution >= 0.6 is 0 Å². The molecule has 1 amide bonds. The second-order valence-electron chi connectivity index (χ2n) is 4.45. The van der Waals surface area contributed by atoms with Gasteiger partial charge in [0, 0.05) is 31.2 Å². The second kappa shape index (κ2) is 5.82. The molecule has 0 unspecified atom stereocenters. The minimum absolute atomic E-state index is 0.201. The molecule has 0 heterocycles. The number of hydrogen-bond donors (Lipinski definition) is 1. The zero-order valence-corrected chi connectivity index (χ0v) is 10.4. The molecule has 17 heavy (non-hydrogen) atoms. The van der Waals surface area contributed by atoms with Gasteiger partial charge in [-0.25, -0.2) is 0 Å². The standard InChI is InChI=1S/C14H20N2O/c1-2-16(13-6-4-3-5-7-13)14(17)10-11-15-12-8-9-12/h3-7,12,15H,2,8-11H2,1H3. The molecule has 0 radical (unpaired) electrons. The highest BCUT2D eigenvalue weighted by Crippen LogP contribution is 2.18. The van der Waals surface area contributed by atoms with Crippen molar-refractivity contribution in [1.29, 1.82) is 0 Å². The van der Waals surface area contributed by atoms with E-state index in [1.165, 1.54) is 12.8 Å². The van der Waals surface area contributed by atoms with Gasteiger partial charge in [-0.05, 0) is 31.9 Å². The van der Waals surface area contributed by atoms with Crippen molar-refractivity contribution in [2.45, 2.75) is 32.2 Å². The Labute approximate surface area is 103 Å². The minimum atomic E-state index is 0.201. The van der Waals surface area contributed by atoms with E-state index in [-0.39, 0.29) is 5.91 Å². The first-order valence-corrected chi connectivity index (χ1v) is 6.40. The summed E-state index contributed by atoms with van der Waals surface area (Å²) in [5.41, 5.74) is 0.992. The molecular weight excluding hydrogens is 212 g/mol. The highest BCUT2D eigenvalue weighted by Gasteiger charge is 2.21. The Balaban J connectivity index is 1.85. The molecule has 0 aliphatic heterocycles. The molecule has 1 saturated carbocycles. The van der Waals surface area contributed by atoms with Crippen molar-refractivity contribution < 1.29 is 4.79 Å². The van der Waals surface area contributed by atoms with Crippen LogP contribution in [0, 0.1) is 0 Å². The van der Waals surface area contributed by atoms with Gasteiger partial charge in [0.2, 0.25) is 5.91 Å². The van der Waals surface area contributed by atoms with E-state index in [9.17, 15) is 4.79 Å². The van der Waals surface area contributed by atoms with Crippen LogP contribution in [0.2, 0.25) is 0 Å². The Hall–Kier alpha value is -1.35. The number of hydrogen-bond acceptors (Lipinski definition) is 2. The Kier molecular flexibility index (Phi) is 4.15. The van der Waals surface area contributed by atoms with Crippen LogP contribution in [0.5, 0.6) is 0 Å². The summed E-state index contributed by atoms with van der Waals surface area (Å²) >= 11 is 0. The van der Waals surface area contributed by atoms with E-state index in [1.807, 2.05) is 42.2 Å². The fourth-order valence-electron chi connectivity index (χ4n) is 1.92. The molecule has 2 rings (SSSR count). The van der Waals surface area contributed by atoms with E-state index < -0.39 is 0 Å². The van der Waals surface area contributed by atoms with Crippen molar-refractivity contribution in [1.82, 2.24) is 5.32 Å². The molecule has 1 aliphatic carbocycles. The van der Waals surface area contributed by atoms with Gasteiger partial charge in [0.25, 0.3) is 0 Å². The van der Waals surface area contributed by atoms with Crippen molar-refractivity contribution in [2.75, 3.05) is 18.0 Å². The lowest BCUT2D eigenvalue weighted by Crippen LogP contribution is -2.33. The molecule has 1 aromatic carbocycles. The van der Waals surface area contributed by atoms with Crippen LogP contribution in [-0.2, 0) is 4.79 Å². The van der Waals surface area contributed by atoms with E-state index >= 15 is 0 Å². The predicted molar refractivity (Wildman–Crippen MR) is 70.1 cm³/mol. The third-order valence-corrected chi connectivity index (χ3v) is 3.03. The summed E-state index contributed by atoms with van der Waals surface area (Å²) in [7, 11) is 0. The molecule has 0 aromatic heterocycles. The topological polar surface area (TPSA) is 32.3 Å². The molecule has 0 bridgehead atoms. The zero-order valence-electron chi connectivity index (χ0n) is 10.4. The molecule has 0 spiro atoms. The molecule has 92 valence electrons. The molecule has 1 fully saturated rings. The summed E-state index contributed by atoms with van der Waals surface area (Å²) in [6.07, 6.45) is 3.12. The smallest absolute Gasteiger partial charge is 0.228 e. The fraction of sp³-hybridized carbons (Fsp3) is 0.500. The van der Waals surface area contributed by atoms with Crippen LogP contribution in [0.15, 0.2) is 30.3 Å². The molecular formula is C14H20N2O. The van der Waals surface area contributed by atoms with Gasteiger partial charge in [-0.1, -0.05) is 18.2 Å². The molecule has 1 aromatic rings. The van der Waals surface area contributed by atoms with Crippen molar-refractivity contribution in [3.8, 4) is 0 Å². The molecule has 1 N–H and O–H groups in total. The normalized spacial score (nSPS) is 14.6. The van der Waals surface area contributed by atoms with Crippen molar-refractivity contribution in [3.05, 3.63) is 30.3 Å². The van der Waals surface area contributed by atoms with Crippen LogP contribution in [0.4, 0.5) is 5.69 Å². The van der Waals surface area contributed by atoms with E-state index in [0.717, 1.165) is 18.8 Å². The maximum Gasteiger partial charge on any atom is 0.228 e. The number of carbonyl (C=O) groups is 1. The summed E-state index contributed by atoms with van der Waals surface area (Å²) in [5.74, 6) is 0.201. The van der Waals surface area contributed by atoms with Gasteiger partial charge in [0.05, 0.1) is 0 Å². The number of nitrogens with zero attached hydrogens (tertiary/aromatic N) is 1. The average Bonchev–Trinajstić information content (AvgIpc) is 3.15. The number of anilines is 1. The zero-order chi connectivity index (χ0) is 12.1. The fourth-order valence-corrected chi connectivity index (χ4v) is 1.92. The van der Waals surface area contributed by atoms with Gasteiger partial charge in [0.1, 0.15) is 0 Å². The van der Waals surface area contributed by atoms with Crippen molar-refractivity contribution in [2.24, 2.45) is 0 Å². The lowest BCUT2D eigenvalue weighted by molar-refractivity contribution is -0.118. The van der Waals surface area contributed by atoms with Gasteiger partial charge >= 0.3 is 0 Å². The number of carbonyl (C=O) groups excluding carboxylic acids is 1. The van der Waals surface area contributed by atoms with Crippen LogP contribution in [-0.4, -0.2) is 25.0 Å². The highest BCUT2D eigenvalue weighted by molar-refractivity contribution is 5.93. The largest absolute Gasteiger partial charge is 0.313 e. The molecule has 3 nitrogen and oxygen atoms in total. The van der Waals surface area contributed by atoms with E-state index in [1.54, 1.807) is 0 Å². The summed E-state index contributed by atoms with van der Waals surface area (Å²) in [4.78, 5) is 13.9. The number of rotatable bonds is 6.